The van der Waals surface area contributed by atoms with Crippen LogP contribution in [-0.2, 0) is 9.53 Å². The summed E-state index contributed by atoms with van der Waals surface area (Å²) in [4.78, 5) is 13.0. The van der Waals surface area contributed by atoms with Crippen LogP contribution in [0, 0.1) is 0 Å². The number of carbonyl (C=O) groups is 1. The van der Waals surface area contributed by atoms with Gasteiger partial charge >= 0.3 is 0 Å². The van der Waals surface area contributed by atoms with Crippen LogP contribution in [0.4, 0.5) is 0 Å². The number of aliphatic hydroxyl groups is 3. The Morgan fingerprint density at radius 1 is 1.41 bits per heavy atom. The number of piperidine rings is 1. The molecule has 1 amide bonds. The molecule has 6 heteroatoms. The minimum Gasteiger partial charge on any atom is -0.394 e. The minimum atomic E-state index is -1.15. The zero-order chi connectivity index (χ0) is 12.6. The molecule has 2 heterocycles. The second kappa shape index (κ2) is 4.89. The van der Waals surface area contributed by atoms with E-state index in [1.165, 1.54) is 6.92 Å². The average Bonchev–Trinajstić information content (AvgIpc) is 2.32. The van der Waals surface area contributed by atoms with Gasteiger partial charge in [-0.3, -0.25) is 4.79 Å². The van der Waals surface area contributed by atoms with E-state index in [1.54, 1.807) is 4.90 Å². The summed E-state index contributed by atoms with van der Waals surface area (Å²) in [5.41, 5.74) is 0. The zero-order valence-corrected chi connectivity index (χ0v) is 9.82. The Labute approximate surface area is 99.8 Å². The monoisotopic (exact) mass is 245 g/mol. The lowest BCUT2D eigenvalue weighted by atomic mass is 9.86. The summed E-state index contributed by atoms with van der Waals surface area (Å²) < 4.78 is 5.55. The van der Waals surface area contributed by atoms with Gasteiger partial charge in [0.25, 0.3) is 0 Å². The number of nitrogens with zero attached hydrogens (tertiary/aromatic N) is 1. The number of fused-ring (bicyclic) bond motifs is 1. The molecule has 2 saturated heterocycles. The maximum atomic E-state index is 11.5. The van der Waals surface area contributed by atoms with Crippen molar-refractivity contribution in [3.05, 3.63) is 0 Å². The molecule has 2 aliphatic heterocycles. The molecule has 5 atom stereocenters. The van der Waals surface area contributed by atoms with Crippen LogP contribution >= 0.6 is 0 Å². The van der Waals surface area contributed by atoms with Crippen molar-refractivity contribution in [2.75, 3.05) is 13.2 Å². The number of hydrogen-bond donors (Lipinski definition) is 3. The molecule has 0 aromatic heterocycles. The topological polar surface area (TPSA) is 90.2 Å². The molecule has 2 rings (SSSR count). The number of amides is 1. The number of hydrogen-bond acceptors (Lipinski definition) is 5. The second-order valence-corrected chi connectivity index (χ2v) is 4.72. The number of carbonyl (C=O) groups excluding carboxylic acids is 1. The third-order valence-corrected chi connectivity index (χ3v) is 3.64. The molecule has 0 saturated carbocycles. The Kier molecular flexibility index (Phi) is 3.67. The van der Waals surface area contributed by atoms with E-state index in [1.807, 2.05) is 0 Å². The van der Waals surface area contributed by atoms with Gasteiger partial charge < -0.3 is 25.0 Å². The second-order valence-electron chi connectivity index (χ2n) is 4.72. The highest BCUT2D eigenvalue weighted by molar-refractivity contribution is 5.74. The Hall–Kier alpha value is -0.690. The lowest BCUT2D eigenvalue weighted by molar-refractivity contribution is -0.223. The number of likely N-dealkylation sites (tertiary alicyclic amines) is 1. The molecule has 3 unspecified atom stereocenters. The summed E-state index contributed by atoms with van der Waals surface area (Å²) in [6.45, 7) is 1.69. The third-order valence-electron chi connectivity index (χ3n) is 3.64. The maximum absolute atomic E-state index is 11.5. The van der Waals surface area contributed by atoms with Crippen LogP contribution in [0.3, 0.4) is 0 Å². The summed E-state index contributed by atoms with van der Waals surface area (Å²) >= 11 is 0. The van der Waals surface area contributed by atoms with Crippen molar-refractivity contribution in [2.45, 2.75) is 50.2 Å². The first kappa shape index (κ1) is 12.8. The molecular weight excluding hydrogens is 226 g/mol. The summed E-state index contributed by atoms with van der Waals surface area (Å²) in [5.74, 6) is -0.128. The fraction of sp³-hybridized carbons (Fsp3) is 0.909. The van der Waals surface area contributed by atoms with E-state index in [4.69, 9.17) is 9.84 Å². The zero-order valence-electron chi connectivity index (χ0n) is 9.82. The Morgan fingerprint density at radius 2 is 2.12 bits per heavy atom. The van der Waals surface area contributed by atoms with Crippen molar-refractivity contribution < 1.29 is 24.9 Å². The first-order valence-corrected chi connectivity index (χ1v) is 5.96. The van der Waals surface area contributed by atoms with Gasteiger partial charge in [-0.1, -0.05) is 0 Å². The highest BCUT2D eigenvalue weighted by Gasteiger charge is 2.48. The quantitative estimate of drug-likeness (QED) is 0.522. The maximum Gasteiger partial charge on any atom is 0.219 e. The lowest BCUT2D eigenvalue weighted by Gasteiger charge is -2.49. The summed E-state index contributed by atoms with van der Waals surface area (Å²) in [7, 11) is 0. The van der Waals surface area contributed by atoms with Gasteiger partial charge in [-0.15, -0.1) is 0 Å². The van der Waals surface area contributed by atoms with E-state index in [9.17, 15) is 15.0 Å². The van der Waals surface area contributed by atoms with Gasteiger partial charge in [-0.05, 0) is 12.8 Å². The number of rotatable bonds is 1. The first-order valence-electron chi connectivity index (χ1n) is 5.96. The molecule has 0 aromatic rings. The fourth-order valence-corrected chi connectivity index (χ4v) is 2.78. The van der Waals surface area contributed by atoms with E-state index < -0.39 is 24.4 Å². The Bertz CT molecular complexity index is 296. The van der Waals surface area contributed by atoms with Crippen molar-refractivity contribution >= 4 is 5.91 Å². The smallest absolute Gasteiger partial charge is 0.219 e. The van der Waals surface area contributed by atoms with Gasteiger partial charge in [0, 0.05) is 13.5 Å². The van der Waals surface area contributed by atoms with Crippen LogP contribution in [-0.4, -0.2) is 69.7 Å². The molecule has 0 aliphatic carbocycles. The van der Waals surface area contributed by atoms with Crippen molar-refractivity contribution in [1.82, 2.24) is 4.90 Å². The van der Waals surface area contributed by atoms with Crippen LogP contribution in [0.25, 0.3) is 0 Å². The number of ether oxygens (including phenoxy) is 1. The molecule has 6 nitrogen and oxygen atoms in total. The molecule has 2 aliphatic rings. The van der Waals surface area contributed by atoms with Gasteiger partial charge in [0.15, 0.2) is 0 Å². The van der Waals surface area contributed by atoms with Gasteiger partial charge in [0.2, 0.25) is 5.91 Å². The minimum absolute atomic E-state index is 0.128. The summed E-state index contributed by atoms with van der Waals surface area (Å²) in [5, 5.41) is 28.9. The van der Waals surface area contributed by atoms with E-state index in [0.717, 1.165) is 12.8 Å². The normalized spacial score (nSPS) is 42.1. The molecule has 3 N–H and O–H groups in total. The summed E-state index contributed by atoms with van der Waals surface area (Å²) in [6, 6.07) is -0.501. The molecule has 0 spiro atoms. The van der Waals surface area contributed by atoms with E-state index in [0.29, 0.717) is 6.54 Å². The standard InChI is InChI=1S/C11H19NO5/c1-6(14)12-4-2-3-7-9(12)11(16)10(15)8(5-13)17-7/h7-11,13,15-16H,2-5H2,1H3/t7-,8?,9+,10?,11?/m0/s1. The van der Waals surface area contributed by atoms with E-state index in [-0.39, 0.29) is 18.6 Å². The predicted octanol–water partition coefficient (Wildman–Crippen LogP) is -1.52. The SMILES string of the molecule is CC(=O)N1CCC[C@@H]2OC(CO)C(O)C(O)[C@@H]21. The van der Waals surface area contributed by atoms with Crippen LogP contribution < -0.4 is 0 Å². The Balaban J connectivity index is 2.19. The fourth-order valence-electron chi connectivity index (χ4n) is 2.78. The van der Waals surface area contributed by atoms with Gasteiger partial charge in [-0.2, -0.15) is 0 Å². The molecule has 98 valence electrons. The van der Waals surface area contributed by atoms with Crippen LogP contribution in [0.5, 0.6) is 0 Å². The Morgan fingerprint density at radius 3 is 2.71 bits per heavy atom. The van der Waals surface area contributed by atoms with E-state index in [2.05, 4.69) is 0 Å². The molecule has 2 fully saturated rings. The van der Waals surface area contributed by atoms with Crippen molar-refractivity contribution in [2.24, 2.45) is 0 Å². The van der Waals surface area contributed by atoms with Gasteiger partial charge in [0.05, 0.1) is 18.8 Å². The molecule has 0 aromatic carbocycles. The molecule has 0 bridgehead atoms. The molecule has 0 radical (unpaired) electrons. The van der Waals surface area contributed by atoms with E-state index >= 15 is 0 Å². The van der Waals surface area contributed by atoms with Crippen LogP contribution in [0.15, 0.2) is 0 Å². The highest BCUT2D eigenvalue weighted by Crippen LogP contribution is 2.31. The predicted molar refractivity (Wildman–Crippen MR) is 58.2 cm³/mol. The van der Waals surface area contributed by atoms with Gasteiger partial charge in [-0.25, -0.2) is 0 Å². The van der Waals surface area contributed by atoms with Crippen LogP contribution in [0.1, 0.15) is 19.8 Å². The van der Waals surface area contributed by atoms with Crippen LogP contribution in [0.2, 0.25) is 0 Å². The highest BCUT2D eigenvalue weighted by atomic mass is 16.5. The summed E-state index contributed by atoms with van der Waals surface area (Å²) in [6.07, 6.45) is -1.74. The molecule has 17 heavy (non-hydrogen) atoms. The van der Waals surface area contributed by atoms with Crippen molar-refractivity contribution in [1.29, 1.82) is 0 Å². The van der Waals surface area contributed by atoms with Crippen molar-refractivity contribution in [3.63, 3.8) is 0 Å². The third kappa shape index (κ3) is 2.18. The first-order chi connectivity index (χ1) is 8.06. The number of aliphatic hydroxyl groups excluding tert-OH is 3. The molecular formula is C11H19NO5. The lowest BCUT2D eigenvalue weighted by Crippen LogP contribution is -2.66. The van der Waals surface area contributed by atoms with Gasteiger partial charge in [0.1, 0.15) is 18.3 Å². The van der Waals surface area contributed by atoms with Crippen molar-refractivity contribution in [3.8, 4) is 0 Å². The average molecular weight is 245 g/mol. The largest absolute Gasteiger partial charge is 0.394 e.